The lowest BCUT2D eigenvalue weighted by Crippen LogP contribution is -2.30. The normalized spacial score (nSPS) is 15.4. The molecular formula is C17H14N2O2. The van der Waals surface area contributed by atoms with Crippen LogP contribution in [0.4, 0.5) is 5.69 Å². The first-order valence-electron chi connectivity index (χ1n) is 6.81. The van der Waals surface area contributed by atoms with Crippen molar-refractivity contribution in [3.63, 3.8) is 0 Å². The molecule has 0 aliphatic carbocycles. The van der Waals surface area contributed by atoms with Crippen molar-refractivity contribution < 1.29 is 9.59 Å². The molecule has 4 heteroatoms. The van der Waals surface area contributed by atoms with E-state index in [2.05, 4.69) is 4.99 Å². The van der Waals surface area contributed by atoms with E-state index in [0.29, 0.717) is 17.7 Å². The second-order valence-corrected chi connectivity index (χ2v) is 4.70. The molecule has 0 unspecified atom stereocenters. The van der Waals surface area contributed by atoms with Gasteiger partial charge >= 0.3 is 0 Å². The monoisotopic (exact) mass is 278 g/mol. The van der Waals surface area contributed by atoms with E-state index in [9.17, 15) is 9.59 Å². The molecule has 0 saturated carbocycles. The summed E-state index contributed by atoms with van der Waals surface area (Å²) < 4.78 is 0. The highest BCUT2D eigenvalue weighted by Crippen LogP contribution is 2.28. The van der Waals surface area contributed by atoms with Gasteiger partial charge in [-0.3, -0.25) is 9.59 Å². The van der Waals surface area contributed by atoms with Crippen LogP contribution in [0.15, 0.2) is 59.6 Å². The summed E-state index contributed by atoms with van der Waals surface area (Å²) in [5.74, 6) is -0.616. The third-order valence-electron chi connectivity index (χ3n) is 3.45. The minimum atomic E-state index is -0.397. The number of benzene rings is 2. The molecule has 2 aromatic carbocycles. The van der Waals surface area contributed by atoms with Crippen LogP contribution in [-0.2, 0) is 4.79 Å². The Balaban J connectivity index is 2.05. The predicted octanol–water partition coefficient (Wildman–Crippen LogP) is 2.68. The molecule has 0 aromatic heterocycles. The summed E-state index contributed by atoms with van der Waals surface area (Å²) in [5.41, 5.74) is 2.23. The average Bonchev–Trinajstić information content (AvgIpc) is 2.80. The van der Waals surface area contributed by atoms with Gasteiger partial charge in [0.2, 0.25) is 0 Å². The third-order valence-corrected chi connectivity index (χ3v) is 3.45. The van der Waals surface area contributed by atoms with Crippen LogP contribution >= 0.6 is 0 Å². The summed E-state index contributed by atoms with van der Waals surface area (Å²) in [7, 11) is 0. The zero-order chi connectivity index (χ0) is 14.8. The van der Waals surface area contributed by atoms with E-state index in [1.807, 2.05) is 37.3 Å². The summed E-state index contributed by atoms with van der Waals surface area (Å²) in [6.45, 7) is 2.45. The maximum Gasteiger partial charge on any atom is 0.277 e. The molecule has 3 rings (SSSR count). The van der Waals surface area contributed by atoms with E-state index in [-0.39, 0.29) is 11.6 Å². The van der Waals surface area contributed by atoms with Crippen LogP contribution in [0.25, 0.3) is 0 Å². The number of likely N-dealkylation sites (N-methyl/N-ethyl adjacent to an activating group) is 1. The van der Waals surface area contributed by atoms with Crippen LogP contribution in [0.1, 0.15) is 22.8 Å². The molecule has 21 heavy (non-hydrogen) atoms. The Morgan fingerprint density at radius 2 is 1.71 bits per heavy atom. The fourth-order valence-corrected chi connectivity index (χ4v) is 2.43. The van der Waals surface area contributed by atoms with Crippen LogP contribution in [0.5, 0.6) is 0 Å². The number of amides is 2. The van der Waals surface area contributed by atoms with Gasteiger partial charge in [-0.25, -0.2) is 4.99 Å². The van der Waals surface area contributed by atoms with Crippen molar-refractivity contribution in [3.05, 3.63) is 65.7 Å². The Labute approximate surface area is 122 Å². The number of rotatable bonds is 2. The van der Waals surface area contributed by atoms with Crippen LogP contribution in [-0.4, -0.2) is 24.1 Å². The van der Waals surface area contributed by atoms with Crippen molar-refractivity contribution in [2.75, 3.05) is 11.4 Å². The average molecular weight is 278 g/mol. The molecule has 2 amide bonds. The Bertz CT molecular complexity index is 735. The predicted molar refractivity (Wildman–Crippen MR) is 81.8 cm³/mol. The van der Waals surface area contributed by atoms with Crippen molar-refractivity contribution >= 4 is 23.2 Å². The lowest BCUT2D eigenvalue weighted by Gasteiger charge is -2.12. The first-order valence-corrected chi connectivity index (χ1v) is 6.81. The number of aliphatic imine (C=N–C) groups is 1. The number of anilines is 1. The van der Waals surface area contributed by atoms with E-state index in [0.717, 1.165) is 5.69 Å². The van der Waals surface area contributed by atoms with E-state index >= 15 is 0 Å². The molecule has 0 N–H and O–H groups in total. The maximum atomic E-state index is 12.4. The third kappa shape index (κ3) is 2.25. The lowest BCUT2D eigenvalue weighted by atomic mass is 10.1. The molecule has 0 saturated heterocycles. The summed E-state index contributed by atoms with van der Waals surface area (Å²) in [6, 6.07) is 16.2. The fraction of sp³-hybridized carbons (Fsp3) is 0.118. The van der Waals surface area contributed by atoms with Gasteiger partial charge in [-0.1, -0.05) is 36.4 Å². The van der Waals surface area contributed by atoms with Crippen LogP contribution < -0.4 is 4.90 Å². The number of hydrogen-bond donors (Lipinski definition) is 0. The smallest absolute Gasteiger partial charge is 0.277 e. The van der Waals surface area contributed by atoms with E-state index in [1.165, 1.54) is 0 Å². The first kappa shape index (κ1) is 13.2. The molecule has 1 aliphatic heterocycles. The summed E-state index contributed by atoms with van der Waals surface area (Å²) in [6.07, 6.45) is 0. The highest BCUT2D eigenvalue weighted by molar-refractivity contribution is 6.55. The molecule has 0 fully saturated rings. The molecule has 0 spiro atoms. The van der Waals surface area contributed by atoms with E-state index in [4.69, 9.17) is 0 Å². The first-order chi connectivity index (χ1) is 10.2. The van der Waals surface area contributed by atoms with Crippen LogP contribution in [0.2, 0.25) is 0 Å². The topological polar surface area (TPSA) is 49.7 Å². The van der Waals surface area contributed by atoms with Gasteiger partial charge in [0.15, 0.2) is 0 Å². The van der Waals surface area contributed by atoms with Crippen molar-refractivity contribution in [1.82, 2.24) is 0 Å². The van der Waals surface area contributed by atoms with Gasteiger partial charge in [0, 0.05) is 17.7 Å². The van der Waals surface area contributed by atoms with Gasteiger partial charge in [-0.15, -0.1) is 0 Å². The zero-order valence-corrected chi connectivity index (χ0v) is 11.6. The van der Waals surface area contributed by atoms with Crippen molar-refractivity contribution in [2.24, 2.45) is 4.99 Å². The molecular weight excluding hydrogens is 264 g/mol. The standard InChI is InChI=1S/C17H14N2O2/c1-2-19-14-11-7-6-10-13(14)15(17(19)21)18-16(20)12-8-4-3-5-9-12/h3-11H,2H2,1H3. The second-order valence-electron chi connectivity index (χ2n) is 4.70. The summed E-state index contributed by atoms with van der Waals surface area (Å²) in [4.78, 5) is 30.3. The zero-order valence-electron chi connectivity index (χ0n) is 11.6. The van der Waals surface area contributed by atoms with Crippen molar-refractivity contribution in [1.29, 1.82) is 0 Å². The van der Waals surface area contributed by atoms with Gasteiger partial charge < -0.3 is 4.90 Å². The Kier molecular flexibility index (Phi) is 3.36. The number of hydrogen-bond acceptors (Lipinski definition) is 2. The molecule has 0 bridgehead atoms. The van der Waals surface area contributed by atoms with Gasteiger partial charge in [0.05, 0.1) is 5.69 Å². The molecule has 4 nitrogen and oxygen atoms in total. The van der Waals surface area contributed by atoms with Crippen LogP contribution in [0, 0.1) is 0 Å². The van der Waals surface area contributed by atoms with Gasteiger partial charge in [-0.2, -0.15) is 0 Å². The Morgan fingerprint density at radius 1 is 1.05 bits per heavy atom. The highest BCUT2D eigenvalue weighted by atomic mass is 16.2. The van der Waals surface area contributed by atoms with Crippen molar-refractivity contribution in [2.45, 2.75) is 6.92 Å². The quantitative estimate of drug-likeness (QED) is 0.848. The number of fused-ring (bicyclic) bond motifs is 1. The minimum Gasteiger partial charge on any atom is -0.307 e. The summed E-state index contributed by atoms with van der Waals surface area (Å²) >= 11 is 0. The molecule has 1 aliphatic rings. The number of carbonyl (C=O) groups excluding carboxylic acids is 2. The number of carbonyl (C=O) groups is 2. The molecule has 1 heterocycles. The SMILES string of the molecule is CCN1C(=O)C(=NC(=O)c2ccccc2)c2ccccc21. The van der Waals surface area contributed by atoms with Gasteiger partial charge in [0.25, 0.3) is 11.8 Å². The van der Waals surface area contributed by atoms with E-state index in [1.54, 1.807) is 29.2 Å². The molecule has 0 atom stereocenters. The lowest BCUT2D eigenvalue weighted by molar-refractivity contribution is -0.112. The van der Waals surface area contributed by atoms with Crippen molar-refractivity contribution in [3.8, 4) is 0 Å². The largest absolute Gasteiger partial charge is 0.307 e. The Morgan fingerprint density at radius 3 is 2.43 bits per heavy atom. The Hall–Kier alpha value is -2.75. The maximum absolute atomic E-state index is 12.4. The summed E-state index contributed by atoms with van der Waals surface area (Å²) in [5, 5.41) is 0. The fourth-order valence-electron chi connectivity index (χ4n) is 2.43. The number of nitrogens with zero attached hydrogens (tertiary/aromatic N) is 2. The minimum absolute atomic E-state index is 0.219. The van der Waals surface area contributed by atoms with Gasteiger partial charge in [0.1, 0.15) is 5.71 Å². The van der Waals surface area contributed by atoms with Crippen LogP contribution in [0.3, 0.4) is 0 Å². The van der Waals surface area contributed by atoms with Gasteiger partial charge in [-0.05, 0) is 25.1 Å². The molecule has 2 aromatic rings. The highest BCUT2D eigenvalue weighted by Gasteiger charge is 2.33. The second kappa shape index (κ2) is 5.32. The molecule has 0 radical (unpaired) electrons. The molecule has 104 valence electrons. The number of para-hydroxylation sites is 1. The van der Waals surface area contributed by atoms with E-state index < -0.39 is 5.91 Å².